The average molecular weight is 644 g/mol. The third kappa shape index (κ3) is 6.53. The van der Waals surface area contributed by atoms with Crippen molar-refractivity contribution < 1.29 is 26.7 Å². The van der Waals surface area contributed by atoms with Gasteiger partial charge in [-0.3, -0.25) is 9.36 Å². The number of likely N-dealkylation sites (N-methyl/N-ethyl adjacent to an activating group) is 1. The minimum absolute atomic E-state index is 0.0741. The summed E-state index contributed by atoms with van der Waals surface area (Å²) in [4.78, 5) is 35.9. The number of aromatic nitrogens is 2. The van der Waals surface area contributed by atoms with E-state index in [9.17, 15) is 31.5 Å². The van der Waals surface area contributed by atoms with Gasteiger partial charge in [-0.2, -0.15) is 18.2 Å². The van der Waals surface area contributed by atoms with Crippen molar-refractivity contribution in [3.05, 3.63) is 69.7 Å². The summed E-state index contributed by atoms with van der Waals surface area (Å²) in [6.45, 7) is 8.05. The number of carbonyl (C=O) groups excluding carboxylic acids is 1. The zero-order chi connectivity index (χ0) is 31.8. The third-order valence-corrected chi connectivity index (χ3v) is 8.89. The van der Waals surface area contributed by atoms with Gasteiger partial charge in [-0.25, -0.2) is 13.6 Å². The van der Waals surface area contributed by atoms with Crippen molar-refractivity contribution >= 4 is 52.1 Å². The van der Waals surface area contributed by atoms with Crippen molar-refractivity contribution in [2.45, 2.75) is 43.0 Å². The van der Waals surface area contributed by atoms with Crippen LogP contribution in [0, 0.1) is 0 Å². The molecule has 1 aromatic carbocycles. The number of anilines is 1. The van der Waals surface area contributed by atoms with E-state index in [0.717, 1.165) is 30.0 Å². The molecule has 1 aromatic heterocycles. The van der Waals surface area contributed by atoms with E-state index < -0.39 is 34.3 Å². The first-order valence-electron chi connectivity index (χ1n) is 13.4. The molecule has 3 unspecified atom stereocenters. The van der Waals surface area contributed by atoms with Crippen molar-refractivity contribution in [1.82, 2.24) is 19.4 Å². The number of thioether (sulfide) groups is 1. The predicted molar refractivity (Wildman–Crippen MR) is 161 cm³/mol. The smallest absolute Gasteiger partial charge is 0.352 e. The predicted octanol–water partition coefficient (Wildman–Crippen LogP) is 6.15. The van der Waals surface area contributed by atoms with Gasteiger partial charge in [-0.15, -0.1) is 11.8 Å². The van der Waals surface area contributed by atoms with E-state index >= 15 is 0 Å². The van der Waals surface area contributed by atoms with Gasteiger partial charge in [0.05, 0.1) is 28.5 Å². The summed E-state index contributed by atoms with van der Waals surface area (Å²) < 4.78 is 71.8. The maximum Gasteiger partial charge on any atom is 0.417 e. The molecule has 0 bridgehead atoms. The Balaban J connectivity index is 2.03. The lowest BCUT2D eigenvalue weighted by Gasteiger charge is -2.45. The standard InChI is InChI=1S/C29H31ClF5N5O2S/c1-6-24(41)39-16(2)12-38(13-17(39)3)27-20-11-21(29(33,34)35)19(7-8-22(30)23(32)9-10-31)26-25(20)40(28(42)36-27)18(15-43-26)14-37(4)5/h6-11,16-18H,1,12-15H2,2-5H3/b8-7+,10-9+,23-22-. The molecular formula is C29H31ClF5N5O2S. The van der Waals surface area contributed by atoms with Crippen molar-refractivity contribution in [3.63, 3.8) is 0 Å². The zero-order valence-corrected chi connectivity index (χ0v) is 25.5. The Hall–Kier alpha value is -3.16. The van der Waals surface area contributed by atoms with E-state index in [2.05, 4.69) is 11.6 Å². The van der Waals surface area contributed by atoms with Crippen molar-refractivity contribution in [2.24, 2.45) is 0 Å². The second kappa shape index (κ2) is 12.8. The van der Waals surface area contributed by atoms with Gasteiger partial charge in [-0.05, 0) is 46.2 Å². The number of amides is 1. The molecule has 7 nitrogen and oxygen atoms in total. The maximum atomic E-state index is 14.6. The van der Waals surface area contributed by atoms with E-state index in [0.29, 0.717) is 12.6 Å². The van der Waals surface area contributed by atoms with Crippen LogP contribution >= 0.6 is 23.4 Å². The molecule has 2 aromatic rings. The molecule has 3 atom stereocenters. The fourth-order valence-electron chi connectivity index (χ4n) is 5.72. The highest BCUT2D eigenvalue weighted by atomic mass is 35.5. The summed E-state index contributed by atoms with van der Waals surface area (Å²) in [6, 6.07) is -0.124. The second-order valence-electron chi connectivity index (χ2n) is 10.8. The van der Waals surface area contributed by atoms with Gasteiger partial charge in [0.2, 0.25) is 5.91 Å². The maximum absolute atomic E-state index is 14.6. The van der Waals surface area contributed by atoms with Gasteiger partial charge < -0.3 is 14.7 Å². The molecule has 4 rings (SSSR count). The zero-order valence-electron chi connectivity index (χ0n) is 24.0. The quantitative estimate of drug-likeness (QED) is 0.205. The molecule has 0 saturated carbocycles. The molecule has 1 saturated heterocycles. The topological polar surface area (TPSA) is 61.7 Å². The van der Waals surface area contributed by atoms with Crippen LogP contribution in [-0.4, -0.2) is 76.8 Å². The summed E-state index contributed by atoms with van der Waals surface area (Å²) in [5.41, 5.74) is -1.66. The summed E-state index contributed by atoms with van der Waals surface area (Å²) in [7, 11) is 3.65. The Morgan fingerprint density at radius 3 is 2.44 bits per heavy atom. The fourth-order valence-corrected chi connectivity index (χ4v) is 7.13. The van der Waals surface area contributed by atoms with Gasteiger partial charge >= 0.3 is 11.9 Å². The van der Waals surface area contributed by atoms with Crippen LogP contribution in [0.3, 0.4) is 0 Å². The van der Waals surface area contributed by atoms with Crippen molar-refractivity contribution in [3.8, 4) is 0 Å². The summed E-state index contributed by atoms with van der Waals surface area (Å²) in [5, 5.41) is -0.463. The van der Waals surface area contributed by atoms with Crippen molar-refractivity contribution in [2.75, 3.05) is 44.4 Å². The first-order valence-corrected chi connectivity index (χ1v) is 14.7. The minimum atomic E-state index is -4.84. The molecule has 43 heavy (non-hydrogen) atoms. The van der Waals surface area contributed by atoms with E-state index in [4.69, 9.17) is 11.6 Å². The molecule has 0 N–H and O–H groups in total. The molecular weight excluding hydrogens is 613 g/mol. The summed E-state index contributed by atoms with van der Waals surface area (Å²) in [6.07, 6.45) is -1.29. The number of alkyl halides is 3. The average Bonchev–Trinajstić information content (AvgIpc) is 2.92. The first kappa shape index (κ1) is 32.7. The van der Waals surface area contributed by atoms with E-state index in [1.165, 1.54) is 10.6 Å². The number of halogens is 6. The number of hydrogen-bond acceptors (Lipinski definition) is 6. The van der Waals surface area contributed by atoms with Crippen molar-refractivity contribution in [1.29, 1.82) is 0 Å². The molecule has 232 valence electrons. The molecule has 2 aliphatic heterocycles. The number of piperazine rings is 1. The van der Waals surface area contributed by atoms with Crippen LogP contribution in [0.5, 0.6) is 0 Å². The third-order valence-electron chi connectivity index (χ3n) is 7.33. The monoisotopic (exact) mass is 643 g/mol. The fraction of sp³-hybridized carbons (Fsp3) is 0.414. The van der Waals surface area contributed by atoms with Crippen LogP contribution in [0.25, 0.3) is 17.0 Å². The van der Waals surface area contributed by atoms with Gasteiger partial charge in [0.1, 0.15) is 11.6 Å². The van der Waals surface area contributed by atoms with Crippen LogP contribution in [0.2, 0.25) is 0 Å². The normalized spacial score (nSPS) is 21.8. The van der Waals surface area contributed by atoms with Gasteiger partial charge in [0.15, 0.2) is 0 Å². The van der Waals surface area contributed by atoms with E-state index in [1.807, 2.05) is 32.8 Å². The highest BCUT2D eigenvalue weighted by molar-refractivity contribution is 7.99. The molecule has 14 heteroatoms. The molecule has 1 fully saturated rings. The van der Waals surface area contributed by atoms with Crippen LogP contribution in [0.1, 0.15) is 31.0 Å². The van der Waals surface area contributed by atoms with Crippen LogP contribution in [0.4, 0.5) is 27.8 Å². The lowest BCUT2D eigenvalue weighted by molar-refractivity contribution is -0.137. The Morgan fingerprint density at radius 2 is 1.88 bits per heavy atom. The minimum Gasteiger partial charge on any atom is -0.352 e. The number of benzene rings is 1. The van der Waals surface area contributed by atoms with Gasteiger partial charge in [-0.1, -0.05) is 24.3 Å². The molecule has 3 heterocycles. The van der Waals surface area contributed by atoms with Crippen LogP contribution < -0.4 is 10.6 Å². The summed E-state index contributed by atoms with van der Waals surface area (Å²) in [5.74, 6) is -1.06. The van der Waals surface area contributed by atoms with Crippen LogP contribution in [-0.2, 0) is 11.0 Å². The molecule has 2 aliphatic rings. The SMILES string of the molecule is C=CC(=O)N1C(C)CN(c2nc(=O)n3c4c(c(/C=C/C(Cl)=C(F)\C=C\F)c(C(F)(F)F)cc24)SCC3CN(C)C)CC1C. The lowest BCUT2D eigenvalue weighted by Crippen LogP contribution is -2.58. The number of rotatable bonds is 7. The largest absolute Gasteiger partial charge is 0.417 e. The first-order chi connectivity index (χ1) is 20.2. The number of hydrogen-bond donors (Lipinski definition) is 0. The second-order valence-corrected chi connectivity index (χ2v) is 12.2. The van der Waals surface area contributed by atoms with Gasteiger partial charge in [0, 0.05) is 59.4 Å². The molecule has 0 spiro atoms. The highest BCUT2D eigenvalue weighted by Gasteiger charge is 2.39. The Kier molecular flexibility index (Phi) is 9.77. The summed E-state index contributed by atoms with van der Waals surface area (Å²) >= 11 is 7.05. The molecule has 1 amide bonds. The highest BCUT2D eigenvalue weighted by Crippen LogP contribution is 2.47. The number of nitrogens with zero attached hydrogens (tertiary/aromatic N) is 5. The van der Waals surface area contributed by atoms with Gasteiger partial charge in [0.25, 0.3) is 0 Å². The Labute approximate surface area is 255 Å². The number of allylic oxidation sites excluding steroid dienone is 4. The van der Waals surface area contributed by atoms with E-state index in [-0.39, 0.29) is 70.3 Å². The molecule has 0 aliphatic carbocycles. The Bertz CT molecular complexity index is 1570. The van der Waals surface area contributed by atoms with Crippen LogP contribution in [0.15, 0.2) is 57.8 Å². The van der Waals surface area contributed by atoms with E-state index in [1.54, 1.807) is 9.80 Å². The Morgan fingerprint density at radius 1 is 1.23 bits per heavy atom. The lowest BCUT2D eigenvalue weighted by atomic mass is 10.0. The number of carbonyl (C=O) groups is 1. The molecule has 0 radical (unpaired) electrons.